The predicted molar refractivity (Wildman–Crippen MR) is 116 cm³/mol. The fraction of sp³-hybridized carbons (Fsp3) is 0.458. The largest absolute Gasteiger partial charge is 0.495 e. The predicted octanol–water partition coefficient (Wildman–Crippen LogP) is 4.26. The summed E-state index contributed by atoms with van der Waals surface area (Å²) in [5, 5.41) is 3.07. The van der Waals surface area contributed by atoms with E-state index in [4.69, 9.17) is 4.74 Å². The molecule has 2 atom stereocenters. The number of amides is 2. The number of nitrogens with one attached hydrogen (secondary N) is 1. The van der Waals surface area contributed by atoms with Crippen molar-refractivity contribution in [2.45, 2.75) is 31.7 Å². The van der Waals surface area contributed by atoms with Crippen molar-refractivity contribution in [3.63, 3.8) is 0 Å². The van der Waals surface area contributed by atoms with Crippen molar-refractivity contribution in [2.75, 3.05) is 38.6 Å². The number of hydrogen-bond donors (Lipinski definition) is 1. The highest BCUT2D eigenvalue weighted by molar-refractivity contribution is 5.91. The van der Waals surface area contributed by atoms with Gasteiger partial charge in [0.15, 0.2) is 0 Å². The lowest BCUT2D eigenvalue weighted by Crippen LogP contribution is -2.49. The highest BCUT2D eigenvalue weighted by atomic mass is 16.5. The molecule has 3 aliphatic heterocycles. The summed E-state index contributed by atoms with van der Waals surface area (Å²) in [4.78, 5) is 17.6. The molecule has 5 nitrogen and oxygen atoms in total. The lowest BCUT2D eigenvalue weighted by atomic mass is 9.95. The van der Waals surface area contributed by atoms with E-state index in [0.717, 1.165) is 51.1 Å². The van der Waals surface area contributed by atoms with E-state index in [1.54, 1.807) is 7.11 Å². The van der Waals surface area contributed by atoms with Crippen LogP contribution in [0.5, 0.6) is 5.75 Å². The Labute approximate surface area is 173 Å². The lowest BCUT2D eigenvalue weighted by Gasteiger charge is -2.36. The van der Waals surface area contributed by atoms with Gasteiger partial charge >= 0.3 is 6.03 Å². The maximum atomic E-state index is 13.0. The summed E-state index contributed by atoms with van der Waals surface area (Å²) in [6.07, 6.45) is 4.60. The molecule has 3 heterocycles. The molecule has 154 valence electrons. The van der Waals surface area contributed by atoms with Crippen molar-refractivity contribution in [1.29, 1.82) is 0 Å². The van der Waals surface area contributed by atoms with E-state index in [0.29, 0.717) is 17.7 Å². The molecular weight excluding hydrogens is 362 g/mol. The van der Waals surface area contributed by atoms with Crippen LogP contribution in [0.2, 0.25) is 0 Å². The van der Waals surface area contributed by atoms with Crippen molar-refractivity contribution in [3.05, 3.63) is 60.2 Å². The zero-order chi connectivity index (χ0) is 20.1. The number of benzene rings is 2. The summed E-state index contributed by atoms with van der Waals surface area (Å²) in [5.74, 6) is 1.26. The van der Waals surface area contributed by atoms with Gasteiger partial charge in [0.1, 0.15) is 5.75 Å². The quantitative estimate of drug-likeness (QED) is 0.798. The van der Waals surface area contributed by atoms with Crippen molar-refractivity contribution in [2.24, 2.45) is 5.92 Å². The number of nitrogens with zero attached hydrogens (tertiary/aromatic N) is 2. The molecule has 1 N–H and O–H groups in total. The zero-order valence-corrected chi connectivity index (χ0v) is 17.2. The van der Waals surface area contributed by atoms with E-state index in [-0.39, 0.29) is 6.03 Å². The van der Waals surface area contributed by atoms with Gasteiger partial charge in [-0.25, -0.2) is 4.79 Å². The molecule has 0 radical (unpaired) electrons. The average Bonchev–Trinajstić information content (AvgIpc) is 3.06. The Kier molecular flexibility index (Phi) is 6.35. The summed E-state index contributed by atoms with van der Waals surface area (Å²) in [5.41, 5.74) is 2.14. The van der Waals surface area contributed by atoms with E-state index in [9.17, 15) is 4.79 Å². The van der Waals surface area contributed by atoms with Gasteiger partial charge in [0.25, 0.3) is 0 Å². The number of carbonyl (C=O) groups excluding carboxylic acids is 1. The molecule has 0 aromatic heterocycles. The number of urea groups is 1. The summed E-state index contributed by atoms with van der Waals surface area (Å²) in [6.45, 7) is 4.03. The molecule has 3 fully saturated rings. The van der Waals surface area contributed by atoms with E-state index in [1.807, 2.05) is 24.3 Å². The summed E-state index contributed by atoms with van der Waals surface area (Å²) in [6, 6.07) is 18.6. The summed E-state index contributed by atoms with van der Waals surface area (Å²) in [7, 11) is 1.63. The third-order valence-electron chi connectivity index (χ3n) is 6.18. The van der Waals surface area contributed by atoms with Crippen LogP contribution < -0.4 is 10.1 Å². The Bertz CT molecular complexity index is 811. The SMILES string of the molecule is COc1ccccc1NC(=O)N1C[C@H]2CC[C@@H]1CN(CCCc1ccccc1)C2. The average molecular weight is 394 g/mol. The van der Waals surface area contributed by atoms with Crippen molar-refractivity contribution in [1.82, 2.24) is 9.80 Å². The number of rotatable bonds is 6. The zero-order valence-electron chi connectivity index (χ0n) is 17.2. The molecule has 0 unspecified atom stereocenters. The van der Waals surface area contributed by atoms with Crippen molar-refractivity contribution in [3.8, 4) is 5.75 Å². The normalized spacial score (nSPS) is 21.6. The van der Waals surface area contributed by atoms with E-state index in [2.05, 4.69) is 45.4 Å². The topological polar surface area (TPSA) is 44.8 Å². The van der Waals surface area contributed by atoms with Gasteiger partial charge in [0.2, 0.25) is 0 Å². The summed E-state index contributed by atoms with van der Waals surface area (Å²) < 4.78 is 5.38. The van der Waals surface area contributed by atoms with Crippen LogP contribution in [0, 0.1) is 5.92 Å². The molecule has 0 aliphatic carbocycles. The van der Waals surface area contributed by atoms with Crippen LogP contribution in [-0.4, -0.2) is 55.2 Å². The molecule has 29 heavy (non-hydrogen) atoms. The Morgan fingerprint density at radius 3 is 2.66 bits per heavy atom. The molecule has 5 heteroatoms. The second kappa shape index (κ2) is 9.31. The van der Waals surface area contributed by atoms with Gasteiger partial charge in [-0.1, -0.05) is 42.5 Å². The van der Waals surface area contributed by atoms with Gasteiger partial charge in [0.05, 0.1) is 12.8 Å². The standard InChI is InChI=1S/C24H31N3O2/c1-29-23-12-6-5-11-22(23)25-24(28)27-17-20-13-14-21(27)18-26(16-20)15-7-10-19-8-3-2-4-9-19/h2-6,8-9,11-12,20-21H,7,10,13-18H2,1H3,(H,25,28)/t20-,21+/m0/s1. The van der Waals surface area contributed by atoms with E-state index in [1.165, 1.54) is 12.0 Å². The molecule has 2 amide bonds. The number of ether oxygens (including phenoxy) is 1. The first-order chi connectivity index (χ1) is 14.2. The van der Waals surface area contributed by atoms with Gasteiger partial charge in [-0.15, -0.1) is 0 Å². The first kappa shape index (κ1) is 19.8. The maximum absolute atomic E-state index is 13.0. The fourth-order valence-corrected chi connectivity index (χ4v) is 4.70. The number of anilines is 1. The molecule has 2 bridgehead atoms. The molecule has 0 spiro atoms. The first-order valence-corrected chi connectivity index (χ1v) is 10.7. The van der Waals surface area contributed by atoms with Crippen LogP contribution in [0.25, 0.3) is 0 Å². The third-order valence-corrected chi connectivity index (χ3v) is 6.18. The minimum absolute atomic E-state index is 0.00432. The highest BCUT2D eigenvalue weighted by Gasteiger charge is 2.37. The second-order valence-electron chi connectivity index (χ2n) is 8.23. The highest BCUT2D eigenvalue weighted by Crippen LogP contribution is 2.30. The molecule has 3 saturated heterocycles. The van der Waals surface area contributed by atoms with Crippen LogP contribution >= 0.6 is 0 Å². The Morgan fingerprint density at radius 2 is 1.83 bits per heavy atom. The van der Waals surface area contributed by atoms with Crippen molar-refractivity contribution >= 4 is 11.7 Å². The van der Waals surface area contributed by atoms with Crippen molar-refractivity contribution < 1.29 is 9.53 Å². The van der Waals surface area contributed by atoms with Gasteiger partial charge < -0.3 is 19.9 Å². The van der Waals surface area contributed by atoms with E-state index < -0.39 is 0 Å². The van der Waals surface area contributed by atoms with Gasteiger partial charge in [0, 0.05) is 25.7 Å². The lowest BCUT2D eigenvalue weighted by molar-refractivity contribution is 0.151. The number of para-hydroxylation sites is 2. The number of aryl methyl sites for hydroxylation is 1. The van der Waals surface area contributed by atoms with Gasteiger partial charge in [-0.3, -0.25) is 0 Å². The smallest absolute Gasteiger partial charge is 0.322 e. The molecule has 3 aliphatic rings. The molecule has 5 rings (SSSR count). The molecule has 2 aromatic carbocycles. The van der Waals surface area contributed by atoms with Crippen LogP contribution in [0.15, 0.2) is 54.6 Å². The molecule has 0 saturated carbocycles. The fourth-order valence-electron chi connectivity index (χ4n) is 4.70. The molecular formula is C24H31N3O2. The minimum atomic E-state index is -0.00432. The third kappa shape index (κ3) is 4.91. The van der Waals surface area contributed by atoms with Crippen LogP contribution in [0.3, 0.4) is 0 Å². The number of methoxy groups -OCH3 is 1. The van der Waals surface area contributed by atoms with Crippen LogP contribution in [0.1, 0.15) is 24.8 Å². The van der Waals surface area contributed by atoms with Gasteiger partial charge in [-0.05, 0) is 55.8 Å². The number of piperidine rings is 1. The van der Waals surface area contributed by atoms with Crippen LogP contribution in [-0.2, 0) is 6.42 Å². The minimum Gasteiger partial charge on any atom is -0.495 e. The Hall–Kier alpha value is -2.53. The second-order valence-corrected chi connectivity index (χ2v) is 8.23. The van der Waals surface area contributed by atoms with E-state index >= 15 is 0 Å². The number of carbonyl (C=O) groups is 1. The Morgan fingerprint density at radius 1 is 1.03 bits per heavy atom. The number of fused-ring (bicyclic) bond motifs is 4. The first-order valence-electron chi connectivity index (χ1n) is 10.7. The summed E-state index contributed by atoms with van der Waals surface area (Å²) >= 11 is 0. The molecule has 2 aromatic rings. The van der Waals surface area contributed by atoms with Crippen LogP contribution in [0.4, 0.5) is 10.5 Å². The Balaban J connectivity index is 1.34. The number of hydrogen-bond acceptors (Lipinski definition) is 3. The maximum Gasteiger partial charge on any atom is 0.322 e. The monoisotopic (exact) mass is 393 g/mol. The van der Waals surface area contributed by atoms with Gasteiger partial charge in [-0.2, -0.15) is 0 Å².